The van der Waals surface area contributed by atoms with E-state index in [1.165, 1.54) is 6.07 Å². The monoisotopic (exact) mass is 297 g/mol. The Morgan fingerprint density at radius 1 is 1.53 bits per heavy atom. The number of hydrogen-bond acceptors (Lipinski definition) is 2. The average molecular weight is 298 g/mol. The van der Waals surface area contributed by atoms with E-state index < -0.39 is 0 Å². The molecular formula is C12H13BrFN3. The molecule has 1 aromatic heterocycles. The van der Waals surface area contributed by atoms with Crippen LogP contribution in [0.1, 0.15) is 17.2 Å². The van der Waals surface area contributed by atoms with Gasteiger partial charge in [0.15, 0.2) is 0 Å². The van der Waals surface area contributed by atoms with E-state index in [2.05, 4.69) is 21.0 Å². The fraction of sp³-hybridized carbons (Fsp3) is 0.250. The van der Waals surface area contributed by atoms with E-state index in [9.17, 15) is 4.39 Å². The van der Waals surface area contributed by atoms with Crippen molar-refractivity contribution in [3.63, 3.8) is 0 Å². The highest BCUT2D eigenvalue weighted by atomic mass is 79.9. The summed E-state index contributed by atoms with van der Waals surface area (Å²) in [7, 11) is 1.85. The van der Waals surface area contributed by atoms with Gasteiger partial charge in [0, 0.05) is 24.8 Å². The molecule has 1 unspecified atom stereocenters. The number of aromatic nitrogens is 2. The van der Waals surface area contributed by atoms with E-state index in [0.29, 0.717) is 10.9 Å². The number of rotatable bonds is 3. The summed E-state index contributed by atoms with van der Waals surface area (Å²) in [6.07, 6.45) is 4.30. The van der Waals surface area contributed by atoms with Crippen LogP contribution in [0, 0.1) is 5.82 Å². The lowest BCUT2D eigenvalue weighted by Crippen LogP contribution is -2.12. The van der Waals surface area contributed by atoms with Crippen LogP contribution in [0.5, 0.6) is 0 Å². The third-order valence-corrected chi connectivity index (χ3v) is 3.20. The van der Waals surface area contributed by atoms with Crippen molar-refractivity contribution in [3.05, 3.63) is 52.0 Å². The average Bonchev–Trinajstić information content (AvgIpc) is 2.70. The SMILES string of the molecule is Cn1cc(C(N)Cc2ccc(F)c(Br)c2)cn1. The van der Waals surface area contributed by atoms with Gasteiger partial charge in [-0.05, 0) is 40.0 Å². The van der Waals surface area contributed by atoms with Crippen LogP contribution < -0.4 is 5.73 Å². The molecule has 1 heterocycles. The molecule has 1 atom stereocenters. The van der Waals surface area contributed by atoms with Gasteiger partial charge < -0.3 is 5.73 Å². The number of hydrogen-bond donors (Lipinski definition) is 1. The molecule has 0 amide bonds. The lowest BCUT2D eigenvalue weighted by Gasteiger charge is -2.09. The zero-order valence-electron chi connectivity index (χ0n) is 9.40. The minimum Gasteiger partial charge on any atom is -0.324 e. The predicted molar refractivity (Wildman–Crippen MR) is 67.9 cm³/mol. The van der Waals surface area contributed by atoms with Crippen molar-refractivity contribution in [2.75, 3.05) is 0 Å². The van der Waals surface area contributed by atoms with Gasteiger partial charge in [-0.3, -0.25) is 4.68 Å². The Morgan fingerprint density at radius 2 is 2.29 bits per heavy atom. The minimum atomic E-state index is -0.260. The van der Waals surface area contributed by atoms with Crippen LogP contribution in [0.25, 0.3) is 0 Å². The summed E-state index contributed by atoms with van der Waals surface area (Å²) < 4.78 is 15.3. The quantitative estimate of drug-likeness (QED) is 0.946. The number of nitrogens with two attached hydrogens (primary N) is 1. The Bertz CT molecular complexity index is 524. The van der Waals surface area contributed by atoms with Gasteiger partial charge in [0.1, 0.15) is 5.82 Å². The third-order valence-electron chi connectivity index (χ3n) is 2.59. The molecule has 0 saturated carbocycles. The van der Waals surface area contributed by atoms with Crippen LogP contribution in [0.15, 0.2) is 35.1 Å². The van der Waals surface area contributed by atoms with Crippen molar-refractivity contribution in [2.24, 2.45) is 12.8 Å². The number of halogens is 2. The summed E-state index contributed by atoms with van der Waals surface area (Å²) in [6.45, 7) is 0. The molecule has 0 spiro atoms. The lowest BCUT2D eigenvalue weighted by atomic mass is 10.0. The molecule has 90 valence electrons. The lowest BCUT2D eigenvalue weighted by molar-refractivity contribution is 0.618. The highest BCUT2D eigenvalue weighted by Crippen LogP contribution is 2.20. The van der Waals surface area contributed by atoms with Gasteiger partial charge in [0.2, 0.25) is 0 Å². The van der Waals surface area contributed by atoms with Crippen LogP contribution >= 0.6 is 15.9 Å². The molecule has 0 aliphatic rings. The molecule has 0 radical (unpaired) electrons. The van der Waals surface area contributed by atoms with Crippen molar-refractivity contribution < 1.29 is 4.39 Å². The predicted octanol–water partition coefficient (Wildman–Crippen LogP) is 2.56. The van der Waals surface area contributed by atoms with Crippen molar-refractivity contribution in [1.82, 2.24) is 9.78 Å². The zero-order valence-corrected chi connectivity index (χ0v) is 11.0. The van der Waals surface area contributed by atoms with Crippen LogP contribution in [-0.4, -0.2) is 9.78 Å². The molecule has 2 rings (SSSR count). The van der Waals surface area contributed by atoms with E-state index >= 15 is 0 Å². The highest BCUT2D eigenvalue weighted by Gasteiger charge is 2.10. The fourth-order valence-electron chi connectivity index (χ4n) is 1.67. The number of benzene rings is 1. The normalized spacial score (nSPS) is 12.7. The van der Waals surface area contributed by atoms with E-state index in [1.54, 1.807) is 23.0 Å². The largest absolute Gasteiger partial charge is 0.324 e. The molecule has 2 N–H and O–H groups in total. The second kappa shape index (κ2) is 4.98. The molecule has 0 aliphatic carbocycles. The van der Waals surface area contributed by atoms with Gasteiger partial charge >= 0.3 is 0 Å². The van der Waals surface area contributed by atoms with E-state index in [-0.39, 0.29) is 11.9 Å². The first kappa shape index (κ1) is 12.3. The Morgan fingerprint density at radius 3 is 2.88 bits per heavy atom. The maximum Gasteiger partial charge on any atom is 0.137 e. The standard InChI is InChI=1S/C12H13BrFN3/c1-17-7-9(6-16-17)12(15)5-8-2-3-11(14)10(13)4-8/h2-4,6-7,12H,5,15H2,1H3. The molecule has 3 nitrogen and oxygen atoms in total. The van der Waals surface area contributed by atoms with Crippen LogP contribution in [-0.2, 0) is 13.5 Å². The van der Waals surface area contributed by atoms with Gasteiger partial charge in [0.05, 0.1) is 10.7 Å². The summed E-state index contributed by atoms with van der Waals surface area (Å²) in [4.78, 5) is 0. The molecule has 2 aromatic rings. The molecule has 17 heavy (non-hydrogen) atoms. The maximum atomic E-state index is 13.1. The first-order valence-electron chi connectivity index (χ1n) is 5.24. The maximum absolute atomic E-state index is 13.1. The molecular weight excluding hydrogens is 285 g/mol. The topological polar surface area (TPSA) is 43.8 Å². The third kappa shape index (κ3) is 2.92. The van der Waals surface area contributed by atoms with Crippen molar-refractivity contribution in [3.8, 4) is 0 Å². The van der Waals surface area contributed by atoms with Gasteiger partial charge in [-0.1, -0.05) is 6.07 Å². The summed E-state index contributed by atoms with van der Waals surface area (Å²) >= 11 is 3.16. The molecule has 1 aromatic carbocycles. The van der Waals surface area contributed by atoms with Crippen molar-refractivity contribution in [2.45, 2.75) is 12.5 Å². The van der Waals surface area contributed by atoms with Crippen LogP contribution in [0.3, 0.4) is 0 Å². The molecule has 0 fully saturated rings. The summed E-state index contributed by atoms with van der Waals surface area (Å²) in [5.41, 5.74) is 8.04. The first-order chi connectivity index (χ1) is 8.06. The fourth-order valence-corrected chi connectivity index (χ4v) is 2.10. The summed E-state index contributed by atoms with van der Waals surface area (Å²) in [5.74, 6) is -0.260. The zero-order chi connectivity index (χ0) is 12.4. The smallest absolute Gasteiger partial charge is 0.137 e. The van der Waals surface area contributed by atoms with Crippen molar-refractivity contribution >= 4 is 15.9 Å². The van der Waals surface area contributed by atoms with Gasteiger partial charge in [-0.15, -0.1) is 0 Å². The van der Waals surface area contributed by atoms with Gasteiger partial charge in [-0.25, -0.2) is 4.39 Å². The molecule has 0 aliphatic heterocycles. The Labute approximate surface area is 108 Å². The van der Waals surface area contributed by atoms with Gasteiger partial charge in [0.25, 0.3) is 0 Å². The summed E-state index contributed by atoms with van der Waals surface area (Å²) in [5, 5.41) is 4.08. The number of nitrogens with zero attached hydrogens (tertiary/aromatic N) is 2. The summed E-state index contributed by atoms with van der Waals surface area (Å²) in [6, 6.07) is 4.82. The number of aryl methyl sites for hydroxylation is 1. The van der Waals surface area contributed by atoms with Crippen LogP contribution in [0.2, 0.25) is 0 Å². The highest BCUT2D eigenvalue weighted by molar-refractivity contribution is 9.10. The molecule has 5 heteroatoms. The Balaban J connectivity index is 2.12. The van der Waals surface area contributed by atoms with E-state index in [0.717, 1.165) is 11.1 Å². The second-order valence-electron chi connectivity index (χ2n) is 4.01. The minimum absolute atomic E-state index is 0.124. The van der Waals surface area contributed by atoms with E-state index in [1.807, 2.05) is 13.2 Å². The van der Waals surface area contributed by atoms with Crippen molar-refractivity contribution in [1.29, 1.82) is 0 Å². The van der Waals surface area contributed by atoms with Gasteiger partial charge in [-0.2, -0.15) is 5.10 Å². The van der Waals surface area contributed by atoms with E-state index in [4.69, 9.17) is 5.73 Å². The molecule has 0 saturated heterocycles. The Kier molecular flexibility index (Phi) is 3.59. The first-order valence-corrected chi connectivity index (χ1v) is 6.03. The second-order valence-corrected chi connectivity index (χ2v) is 4.86. The Hall–Kier alpha value is -1.20. The molecule has 0 bridgehead atoms. The van der Waals surface area contributed by atoms with Crippen LogP contribution in [0.4, 0.5) is 4.39 Å².